The van der Waals surface area contributed by atoms with Gasteiger partial charge in [0.25, 0.3) is 5.91 Å². The lowest BCUT2D eigenvalue weighted by Crippen LogP contribution is -2.50. The van der Waals surface area contributed by atoms with Gasteiger partial charge in [0, 0.05) is 43.2 Å². The Bertz CT molecular complexity index is 801. The first-order chi connectivity index (χ1) is 13.5. The van der Waals surface area contributed by atoms with E-state index in [-0.39, 0.29) is 18.4 Å². The highest BCUT2D eigenvalue weighted by molar-refractivity contribution is 7.16. The third-order valence-corrected chi connectivity index (χ3v) is 5.78. The van der Waals surface area contributed by atoms with Gasteiger partial charge in [0.05, 0.1) is 17.5 Å². The van der Waals surface area contributed by atoms with E-state index in [0.717, 1.165) is 29.7 Å². The molecule has 1 aromatic heterocycles. The molecule has 1 N–H and O–H groups in total. The summed E-state index contributed by atoms with van der Waals surface area (Å²) in [7, 11) is 0. The van der Waals surface area contributed by atoms with E-state index in [1.165, 1.54) is 4.88 Å². The van der Waals surface area contributed by atoms with E-state index in [4.69, 9.17) is 16.3 Å². The number of piperazine rings is 1. The Labute approximate surface area is 174 Å². The summed E-state index contributed by atoms with van der Waals surface area (Å²) >= 11 is 7.56. The summed E-state index contributed by atoms with van der Waals surface area (Å²) in [6, 6.07) is 10.8. The second-order valence-corrected chi connectivity index (χ2v) is 8.30. The van der Waals surface area contributed by atoms with Gasteiger partial charge in [-0.1, -0.05) is 11.6 Å². The SMILES string of the molecule is CCOc1ccc(C(=O)NCC(=O)N2CCN(Cc3ccc(Cl)s3)CC2)cc1. The van der Waals surface area contributed by atoms with Crippen LogP contribution in [-0.2, 0) is 11.3 Å². The lowest BCUT2D eigenvalue weighted by molar-refractivity contribution is -0.131. The predicted octanol–water partition coefficient (Wildman–Crippen LogP) is 2.87. The van der Waals surface area contributed by atoms with E-state index >= 15 is 0 Å². The number of halogens is 1. The molecule has 1 fully saturated rings. The highest BCUT2D eigenvalue weighted by Gasteiger charge is 2.21. The molecule has 0 atom stereocenters. The molecule has 150 valence electrons. The van der Waals surface area contributed by atoms with E-state index in [1.54, 1.807) is 40.5 Å². The summed E-state index contributed by atoms with van der Waals surface area (Å²) in [5.74, 6) is 0.403. The van der Waals surface area contributed by atoms with Crippen molar-refractivity contribution in [3.8, 4) is 5.75 Å². The second-order valence-electron chi connectivity index (χ2n) is 6.50. The van der Waals surface area contributed by atoms with Crippen LogP contribution in [0.4, 0.5) is 0 Å². The monoisotopic (exact) mass is 421 g/mol. The fraction of sp³-hybridized carbons (Fsp3) is 0.400. The van der Waals surface area contributed by atoms with Gasteiger partial charge < -0.3 is 15.0 Å². The number of hydrogen-bond acceptors (Lipinski definition) is 5. The van der Waals surface area contributed by atoms with Crippen molar-refractivity contribution in [2.45, 2.75) is 13.5 Å². The molecule has 0 radical (unpaired) electrons. The number of nitrogens with one attached hydrogen (secondary N) is 1. The number of carbonyl (C=O) groups excluding carboxylic acids is 2. The van der Waals surface area contributed by atoms with Gasteiger partial charge in [0.1, 0.15) is 5.75 Å². The molecule has 1 aliphatic rings. The quantitative estimate of drug-likeness (QED) is 0.746. The van der Waals surface area contributed by atoms with Gasteiger partial charge in [-0.2, -0.15) is 0 Å². The smallest absolute Gasteiger partial charge is 0.251 e. The van der Waals surface area contributed by atoms with Crippen molar-refractivity contribution >= 4 is 34.8 Å². The van der Waals surface area contributed by atoms with Crippen molar-refractivity contribution < 1.29 is 14.3 Å². The van der Waals surface area contributed by atoms with Gasteiger partial charge >= 0.3 is 0 Å². The summed E-state index contributed by atoms with van der Waals surface area (Å²) in [4.78, 5) is 30.0. The van der Waals surface area contributed by atoms with E-state index < -0.39 is 0 Å². The molecule has 3 rings (SSSR count). The molecule has 2 aromatic rings. The van der Waals surface area contributed by atoms with Crippen LogP contribution in [0.3, 0.4) is 0 Å². The minimum Gasteiger partial charge on any atom is -0.494 e. The van der Waals surface area contributed by atoms with Gasteiger partial charge in [-0.15, -0.1) is 11.3 Å². The van der Waals surface area contributed by atoms with Gasteiger partial charge in [0.15, 0.2) is 0 Å². The molecule has 0 spiro atoms. The van der Waals surface area contributed by atoms with Crippen LogP contribution in [0.2, 0.25) is 4.34 Å². The third kappa shape index (κ3) is 5.70. The second kappa shape index (κ2) is 9.91. The van der Waals surface area contributed by atoms with Crippen LogP contribution in [-0.4, -0.2) is 60.9 Å². The number of rotatable bonds is 7. The first-order valence-corrected chi connectivity index (χ1v) is 10.5. The molecule has 6 nitrogen and oxygen atoms in total. The first-order valence-electron chi connectivity index (χ1n) is 9.30. The predicted molar refractivity (Wildman–Crippen MR) is 111 cm³/mol. The molecule has 8 heteroatoms. The largest absolute Gasteiger partial charge is 0.494 e. The number of benzene rings is 1. The zero-order valence-electron chi connectivity index (χ0n) is 15.8. The number of nitrogens with zero attached hydrogens (tertiary/aromatic N) is 2. The van der Waals surface area contributed by atoms with Crippen LogP contribution in [0.1, 0.15) is 22.2 Å². The number of hydrogen-bond donors (Lipinski definition) is 1. The van der Waals surface area contributed by atoms with E-state index in [0.29, 0.717) is 25.3 Å². The van der Waals surface area contributed by atoms with Crippen LogP contribution < -0.4 is 10.1 Å². The number of carbonyl (C=O) groups is 2. The molecular weight excluding hydrogens is 398 g/mol. The van der Waals surface area contributed by atoms with Crippen LogP contribution in [0.5, 0.6) is 5.75 Å². The van der Waals surface area contributed by atoms with Gasteiger partial charge in [0.2, 0.25) is 5.91 Å². The summed E-state index contributed by atoms with van der Waals surface area (Å²) in [5, 5.41) is 2.70. The minimum atomic E-state index is -0.260. The number of thiophene rings is 1. The Morgan fingerprint density at radius 1 is 1.11 bits per heavy atom. The van der Waals surface area contributed by atoms with Crippen molar-refractivity contribution in [2.24, 2.45) is 0 Å². The Morgan fingerprint density at radius 2 is 1.82 bits per heavy atom. The maximum Gasteiger partial charge on any atom is 0.251 e. The highest BCUT2D eigenvalue weighted by atomic mass is 35.5. The minimum absolute atomic E-state index is 0.00653. The molecule has 2 heterocycles. The normalized spacial score (nSPS) is 14.7. The summed E-state index contributed by atoms with van der Waals surface area (Å²) in [6.07, 6.45) is 0. The lowest BCUT2D eigenvalue weighted by Gasteiger charge is -2.34. The molecule has 1 saturated heterocycles. The number of ether oxygens (including phenoxy) is 1. The van der Waals surface area contributed by atoms with Crippen LogP contribution in [0.15, 0.2) is 36.4 Å². The van der Waals surface area contributed by atoms with E-state index in [2.05, 4.69) is 10.2 Å². The van der Waals surface area contributed by atoms with Crippen molar-refractivity contribution in [3.63, 3.8) is 0 Å². The fourth-order valence-corrected chi connectivity index (χ4v) is 4.18. The maximum absolute atomic E-state index is 12.4. The van der Waals surface area contributed by atoms with Crippen LogP contribution in [0.25, 0.3) is 0 Å². The molecule has 0 unspecified atom stereocenters. The lowest BCUT2D eigenvalue weighted by atomic mass is 10.2. The van der Waals surface area contributed by atoms with Gasteiger partial charge in [-0.3, -0.25) is 14.5 Å². The van der Waals surface area contributed by atoms with Crippen LogP contribution >= 0.6 is 22.9 Å². The summed E-state index contributed by atoms with van der Waals surface area (Å²) < 4.78 is 6.16. The number of amides is 2. The fourth-order valence-electron chi connectivity index (χ4n) is 3.05. The van der Waals surface area contributed by atoms with Gasteiger partial charge in [-0.05, 0) is 43.3 Å². The van der Waals surface area contributed by atoms with E-state index in [9.17, 15) is 9.59 Å². The Morgan fingerprint density at radius 3 is 2.43 bits per heavy atom. The standard InChI is InChI=1S/C20H24ClN3O3S/c1-2-27-16-5-3-15(4-6-16)20(26)22-13-19(25)24-11-9-23(10-12-24)14-17-7-8-18(21)28-17/h3-8H,2,9-14H2,1H3,(H,22,26). The molecule has 0 bridgehead atoms. The first kappa shape index (κ1) is 20.6. The average Bonchev–Trinajstić information content (AvgIpc) is 3.12. The van der Waals surface area contributed by atoms with Crippen molar-refractivity contribution in [2.75, 3.05) is 39.3 Å². The zero-order chi connectivity index (χ0) is 19.9. The van der Waals surface area contributed by atoms with Crippen molar-refractivity contribution in [3.05, 3.63) is 51.2 Å². The molecule has 28 heavy (non-hydrogen) atoms. The zero-order valence-corrected chi connectivity index (χ0v) is 17.4. The highest BCUT2D eigenvalue weighted by Crippen LogP contribution is 2.23. The molecule has 0 aliphatic carbocycles. The summed E-state index contributed by atoms with van der Waals surface area (Å²) in [6.45, 7) is 6.30. The van der Waals surface area contributed by atoms with E-state index in [1.807, 2.05) is 19.1 Å². The average molecular weight is 422 g/mol. The topological polar surface area (TPSA) is 61.9 Å². The molecule has 1 aromatic carbocycles. The van der Waals surface area contributed by atoms with Crippen molar-refractivity contribution in [1.29, 1.82) is 0 Å². The molecular formula is C20H24ClN3O3S. The molecule has 2 amide bonds. The maximum atomic E-state index is 12.4. The molecule has 1 aliphatic heterocycles. The van der Waals surface area contributed by atoms with Gasteiger partial charge in [-0.25, -0.2) is 0 Å². The Hall–Kier alpha value is -2.09. The Kier molecular flexibility index (Phi) is 7.30. The van der Waals surface area contributed by atoms with Crippen LogP contribution in [0, 0.1) is 0 Å². The third-order valence-electron chi connectivity index (χ3n) is 4.56. The van der Waals surface area contributed by atoms with Crippen molar-refractivity contribution in [1.82, 2.24) is 15.1 Å². The Balaban J connectivity index is 1.41. The summed E-state index contributed by atoms with van der Waals surface area (Å²) in [5.41, 5.74) is 0.510. The molecule has 0 saturated carbocycles.